The molecule has 1 N–H and O–H groups in total. The van der Waals surface area contributed by atoms with Crippen LogP contribution in [0.25, 0.3) is 0 Å². The van der Waals surface area contributed by atoms with E-state index in [2.05, 4.69) is 34.4 Å². The fourth-order valence-corrected chi connectivity index (χ4v) is 2.76. The summed E-state index contributed by atoms with van der Waals surface area (Å²) >= 11 is 0. The van der Waals surface area contributed by atoms with Crippen LogP contribution in [0.1, 0.15) is 33.1 Å². The Labute approximate surface area is 103 Å². The van der Waals surface area contributed by atoms with Crippen molar-refractivity contribution in [2.45, 2.75) is 45.2 Å². The minimum absolute atomic E-state index is 0.509. The van der Waals surface area contributed by atoms with Gasteiger partial charge in [-0.15, -0.1) is 5.10 Å². The van der Waals surface area contributed by atoms with Crippen molar-refractivity contribution in [3.63, 3.8) is 0 Å². The Morgan fingerprint density at radius 3 is 3.00 bits per heavy atom. The van der Waals surface area contributed by atoms with Crippen LogP contribution in [-0.4, -0.2) is 40.2 Å². The zero-order chi connectivity index (χ0) is 12.3. The van der Waals surface area contributed by atoms with Gasteiger partial charge in [-0.25, -0.2) is 4.68 Å². The van der Waals surface area contributed by atoms with Crippen LogP contribution in [0.4, 0.5) is 5.82 Å². The van der Waals surface area contributed by atoms with Gasteiger partial charge in [0.25, 0.3) is 0 Å². The summed E-state index contributed by atoms with van der Waals surface area (Å²) in [4.78, 5) is 2.46. The van der Waals surface area contributed by atoms with E-state index in [1.165, 1.54) is 19.3 Å². The highest BCUT2D eigenvalue weighted by Crippen LogP contribution is 2.25. The topological polar surface area (TPSA) is 46.0 Å². The van der Waals surface area contributed by atoms with Gasteiger partial charge in [0, 0.05) is 25.7 Å². The number of piperidine rings is 1. The Kier molecular flexibility index (Phi) is 3.99. The highest BCUT2D eigenvalue weighted by molar-refractivity contribution is 5.38. The third kappa shape index (κ3) is 2.60. The van der Waals surface area contributed by atoms with Gasteiger partial charge in [0.05, 0.1) is 6.20 Å². The predicted octanol–water partition coefficient (Wildman–Crippen LogP) is 1.17. The maximum atomic E-state index is 4.04. The zero-order valence-electron chi connectivity index (χ0n) is 11.1. The van der Waals surface area contributed by atoms with E-state index in [-0.39, 0.29) is 0 Å². The average molecular weight is 237 g/mol. The van der Waals surface area contributed by atoms with Gasteiger partial charge in [-0.3, -0.25) is 0 Å². The van der Waals surface area contributed by atoms with Crippen LogP contribution < -0.4 is 10.2 Å². The Bertz CT molecular complexity index is 348. The number of rotatable bonds is 4. The van der Waals surface area contributed by atoms with E-state index >= 15 is 0 Å². The summed E-state index contributed by atoms with van der Waals surface area (Å²) in [5.74, 6) is 1.14. The number of likely N-dealkylation sites (N-methyl/N-ethyl adjacent to an activating group) is 1. The molecule has 0 aliphatic carbocycles. The maximum absolute atomic E-state index is 4.04. The third-order valence-corrected chi connectivity index (χ3v) is 3.64. The van der Waals surface area contributed by atoms with E-state index in [0.29, 0.717) is 12.1 Å². The molecule has 0 radical (unpaired) electrons. The second-order valence-electron chi connectivity index (χ2n) is 4.82. The molecule has 1 aliphatic heterocycles. The molecule has 2 heterocycles. The fraction of sp³-hybridized carbons (Fsp3) is 0.833. The van der Waals surface area contributed by atoms with Crippen molar-refractivity contribution in [2.75, 3.05) is 18.0 Å². The van der Waals surface area contributed by atoms with Gasteiger partial charge in [-0.2, -0.15) is 0 Å². The first-order valence-electron chi connectivity index (χ1n) is 6.58. The molecule has 96 valence electrons. The Balaban J connectivity index is 2.15. The molecule has 1 aromatic rings. The molecule has 0 bridgehead atoms. The van der Waals surface area contributed by atoms with E-state index in [0.717, 1.165) is 18.9 Å². The van der Waals surface area contributed by atoms with Crippen molar-refractivity contribution in [3.8, 4) is 0 Å². The molecule has 1 fully saturated rings. The smallest absolute Gasteiger partial charge is 0.147 e. The van der Waals surface area contributed by atoms with Crippen molar-refractivity contribution >= 4 is 5.82 Å². The van der Waals surface area contributed by atoms with E-state index in [1.807, 2.05) is 17.9 Å². The standard InChI is InChI=1S/C12H23N5/c1-4-13-10(2)11-7-5-6-8-17(11)12-9-14-15-16(12)3/h9-11,13H,4-8H2,1-3H3. The van der Waals surface area contributed by atoms with Crippen molar-refractivity contribution < 1.29 is 0 Å². The molecule has 5 nitrogen and oxygen atoms in total. The summed E-state index contributed by atoms with van der Waals surface area (Å²) in [6.07, 6.45) is 5.71. The Hall–Kier alpha value is -1.10. The molecular formula is C12H23N5. The Morgan fingerprint density at radius 1 is 1.53 bits per heavy atom. The summed E-state index contributed by atoms with van der Waals surface area (Å²) < 4.78 is 1.87. The van der Waals surface area contributed by atoms with Crippen LogP contribution in [0.15, 0.2) is 6.20 Å². The monoisotopic (exact) mass is 237 g/mol. The normalized spacial score (nSPS) is 22.8. The fourth-order valence-electron chi connectivity index (χ4n) is 2.76. The van der Waals surface area contributed by atoms with E-state index < -0.39 is 0 Å². The number of anilines is 1. The third-order valence-electron chi connectivity index (χ3n) is 3.64. The summed E-state index contributed by atoms with van der Waals surface area (Å²) in [7, 11) is 1.96. The summed E-state index contributed by atoms with van der Waals surface area (Å²) in [6.45, 7) is 6.57. The minimum atomic E-state index is 0.509. The number of aromatic nitrogens is 3. The van der Waals surface area contributed by atoms with Crippen LogP contribution in [0.2, 0.25) is 0 Å². The van der Waals surface area contributed by atoms with Gasteiger partial charge in [-0.05, 0) is 32.7 Å². The van der Waals surface area contributed by atoms with Crippen molar-refractivity contribution in [1.82, 2.24) is 20.3 Å². The van der Waals surface area contributed by atoms with Crippen LogP contribution in [-0.2, 0) is 7.05 Å². The summed E-state index contributed by atoms with van der Waals surface area (Å²) in [5.41, 5.74) is 0. The van der Waals surface area contributed by atoms with Gasteiger partial charge in [0.1, 0.15) is 5.82 Å². The largest absolute Gasteiger partial charge is 0.351 e. The molecule has 2 rings (SSSR count). The van der Waals surface area contributed by atoms with Crippen molar-refractivity contribution in [3.05, 3.63) is 6.20 Å². The first-order valence-corrected chi connectivity index (χ1v) is 6.58. The van der Waals surface area contributed by atoms with Crippen LogP contribution >= 0.6 is 0 Å². The highest BCUT2D eigenvalue weighted by Gasteiger charge is 2.28. The molecule has 0 spiro atoms. The number of hydrogen-bond donors (Lipinski definition) is 1. The van der Waals surface area contributed by atoms with Crippen molar-refractivity contribution in [1.29, 1.82) is 0 Å². The first kappa shape index (κ1) is 12.4. The summed E-state index contributed by atoms with van der Waals surface area (Å²) in [5, 5.41) is 11.6. The lowest BCUT2D eigenvalue weighted by Gasteiger charge is -2.40. The number of hydrogen-bond acceptors (Lipinski definition) is 4. The molecule has 0 saturated carbocycles. The highest BCUT2D eigenvalue weighted by atomic mass is 15.5. The van der Waals surface area contributed by atoms with Crippen LogP contribution in [0, 0.1) is 0 Å². The Morgan fingerprint density at radius 2 is 2.35 bits per heavy atom. The molecular weight excluding hydrogens is 214 g/mol. The lowest BCUT2D eigenvalue weighted by atomic mass is 9.96. The van der Waals surface area contributed by atoms with Gasteiger partial charge < -0.3 is 10.2 Å². The lowest BCUT2D eigenvalue weighted by molar-refractivity contribution is 0.367. The molecule has 1 aromatic heterocycles. The van der Waals surface area contributed by atoms with E-state index in [1.54, 1.807) is 0 Å². The minimum Gasteiger partial charge on any atom is -0.351 e. The zero-order valence-corrected chi connectivity index (χ0v) is 11.1. The second kappa shape index (κ2) is 5.49. The second-order valence-corrected chi connectivity index (χ2v) is 4.82. The van der Waals surface area contributed by atoms with Gasteiger partial charge in [0.2, 0.25) is 0 Å². The van der Waals surface area contributed by atoms with Crippen molar-refractivity contribution in [2.24, 2.45) is 7.05 Å². The first-order chi connectivity index (χ1) is 8.24. The molecule has 0 amide bonds. The molecule has 0 aromatic carbocycles. The molecule has 17 heavy (non-hydrogen) atoms. The molecule has 1 aliphatic rings. The SMILES string of the molecule is CCNC(C)C1CCCCN1c1cnnn1C. The number of nitrogens with zero attached hydrogens (tertiary/aromatic N) is 4. The van der Waals surface area contributed by atoms with Crippen LogP contribution in [0.5, 0.6) is 0 Å². The van der Waals surface area contributed by atoms with E-state index in [9.17, 15) is 0 Å². The number of nitrogens with one attached hydrogen (secondary N) is 1. The predicted molar refractivity (Wildman–Crippen MR) is 69.1 cm³/mol. The molecule has 2 unspecified atom stereocenters. The quantitative estimate of drug-likeness (QED) is 0.854. The van der Waals surface area contributed by atoms with Gasteiger partial charge >= 0.3 is 0 Å². The summed E-state index contributed by atoms with van der Waals surface area (Å²) in [6, 6.07) is 1.07. The molecule has 1 saturated heterocycles. The maximum Gasteiger partial charge on any atom is 0.147 e. The molecule has 5 heteroatoms. The number of aryl methyl sites for hydroxylation is 1. The van der Waals surface area contributed by atoms with E-state index in [4.69, 9.17) is 0 Å². The van der Waals surface area contributed by atoms with Gasteiger partial charge in [-0.1, -0.05) is 12.1 Å². The average Bonchev–Trinajstić information content (AvgIpc) is 2.76. The molecule has 2 atom stereocenters. The van der Waals surface area contributed by atoms with Crippen LogP contribution in [0.3, 0.4) is 0 Å². The van der Waals surface area contributed by atoms with Gasteiger partial charge in [0.15, 0.2) is 0 Å². The lowest BCUT2D eigenvalue weighted by Crippen LogP contribution is -2.51.